The number of alkyl halides is 3. The van der Waals surface area contributed by atoms with Gasteiger partial charge in [-0.2, -0.15) is 17.9 Å². The molecule has 178 valence electrons. The lowest BCUT2D eigenvalue weighted by atomic mass is 10.1. The Bertz CT molecular complexity index is 1490. The topological polar surface area (TPSA) is 120 Å². The lowest BCUT2D eigenvalue weighted by Crippen LogP contribution is -2.54. The number of hydrogen-bond acceptors (Lipinski definition) is 5. The van der Waals surface area contributed by atoms with E-state index in [1.54, 1.807) is 27.5 Å². The number of aromatic nitrogens is 3. The molecule has 0 aliphatic heterocycles. The molecule has 0 radical (unpaired) electrons. The number of nitrogens with zero attached hydrogens (tertiary/aromatic N) is 3. The predicted octanol–water partition coefficient (Wildman–Crippen LogP) is 3.88. The Labute approximate surface area is 197 Å². The lowest BCUT2D eigenvalue weighted by Gasteiger charge is -2.28. The van der Waals surface area contributed by atoms with Crippen molar-refractivity contribution in [3.05, 3.63) is 59.4 Å². The standard InChI is InChI=1S/C21H17ClF3N5O3S/c1-20(2,21(23,24)25)29-34(32,33)13-6-7-15(27-10-13)17-16(18(26)31)14-8-11(22)9-28-19(14)30(17)12-4-3-5-12/h3-10,29H,1-2H3,(H2,26,31). The van der Waals surface area contributed by atoms with E-state index in [0.717, 1.165) is 12.3 Å². The van der Waals surface area contributed by atoms with Crippen LogP contribution in [0.3, 0.4) is 0 Å². The number of primary amides is 1. The van der Waals surface area contributed by atoms with Gasteiger partial charge in [-0.15, -0.1) is 0 Å². The highest BCUT2D eigenvalue weighted by atomic mass is 35.5. The van der Waals surface area contributed by atoms with Gasteiger partial charge in [-0.3, -0.25) is 14.3 Å². The van der Waals surface area contributed by atoms with Gasteiger partial charge in [0, 0.05) is 23.5 Å². The molecule has 1 aliphatic rings. The number of allylic oxidation sites excluding steroid dienone is 4. The molecule has 34 heavy (non-hydrogen) atoms. The Morgan fingerprint density at radius 3 is 2.35 bits per heavy atom. The molecule has 0 saturated heterocycles. The molecule has 0 bridgehead atoms. The first-order chi connectivity index (χ1) is 15.7. The zero-order valence-corrected chi connectivity index (χ0v) is 19.3. The number of fused-ring (bicyclic) bond motifs is 1. The van der Waals surface area contributed by atoms with Gasteiger partial charge in [0.2, 0.25) is 10.0 Å². The summed E-state index contributed by atoms with van der Waals surface area (Å²) in [6, 6.07) is 3.89. The van der Waals surface area contributed by atoms with E-state index in [9.17, 15) is 26.4 Å². The fourth-order valence-electron chi connectivity index (χ4n) is 3.35. The summed E-state index contributed by atoms with van der Waals surface area (Å²) in [6.45, 7) is 1.42. The lowest BCUT2D eigenvalue weighted by molar-refractivity contribution is -0.180. The second-order valence-electron chi connectivity index (χ2n) is 8.01. The number of nitrogens with one attached hydrogen (secondary N) is 1. The summed E-state index contributed by atoms with van der Waals surface area (Å²) in [6.07, 6.45) is 2.76. The summed E-state index contributed by atoms with van der Waals surface area (Å²) in [7, 11) is -4.56. The van der Waals surface area contributed by atoms with E-state index in [4.69, 9.17) is 17.3 Å². The SMILES string of the molecule is CC(C)(NS(=O)(=O)c1ccc(-c2c(C(N)=O)c3cc(Cl)cnc3n2C2=CC=C2)nc1)C(F)(F)F. The van der Waals surface area contributed by atoms with Crippen LogP contribution in [-0.2, 0) is 10.0 Å². The van der Waals surface area contributed by atoms with Gasteiger partial charge in [-0.05, 0) is 44.2 Å². The summed E-state index contributed by atoms with van der Waals surface area (Å²) in [5.41, 5.74) is 4.43. The number of sulfonamides is 1. The highest BCUT2D eigenvalue weighted by Crippen LogP contribution is 2.37. The molecule has 0 aromatic carbocycles. The number of nitrogens with two attached hydrogens (primary N) is 1. The minimum atomic E-state index is -4.82. The van der Waals surface area contributed by atoms with E-state index in [2.05, 4.69) is 9.97 Å². The van der Waals surface area contributed by atoms with Gasteiger partial charge < -0.3 is 5.73 Å². The van der Waals surface area contributed by atoms with Gasteiger partial charge in [0.25, 0.3) is 5.91 Å². The van der Waals surface area contributed by atoms with Crippen LogP contribution in [0.5, 0.6) is 0 Å². The predicted molar refractivity (Wildman–Crippen MR) is 120 cm³/mol. The molecule has 1 aliphatic carbocycles. The van der Waals surface area contributed by atoms with Gasteiger partial charge in [0.15, 0.2) is 0 Å². The molecule has 3 heterocycles. The van der Waals surface area contributed by atoms with Crippen molar-refractivity contribution < 1.29 is 26.4 Å². The number of hydrogen-bond donors (Lipinski definition) is 2. The largest absolute Gasteiger partial charge is 0.407 e. The van der Waals surface area contributed by atoms with E-state index in [1.165, 1.54) is 18.3 Å². The smallest absolute Gasteiger partial charge is 0.366 e. The van der Waals surface area contributed by atoms with E-state index in [0.29, 0.717) is 30.6 Å². The van der Waals surface area contributed by atoms with Crippen LogP contribution in [0.4, 0.5) is 13.2 Å². The Hall–Kier alpha value is -3.22. The Balaban J connectivity index is 1.85. The second-order valence-corrected chi connectivity index (χ2v) is 10.1. The summed E-state index contributed by atoms with van der Waals surface area (Å²) in [5, 5.41) is 0.632. The highest BCUT2D eigenvalue weighted by Gasteiger charge is 2.49. The molecule has 0 spiro atoms. The van der Waals surface area contributed by atoms with Crippen LogP contribution < -0.4 is 10.5 Å². The second kappa shape index (κ2) is 7.93. The Kier molecular flexibility index (Phi) is 5.58. The molecule has 0 fully saturated rings. The molecule has 3 N–H and O–H groups in total. The monoisotopic (exact) mass is 511 g/mol. The van der Waals surface area contributed by atoms with Gasteiger partial charge in [-0.25, -0.2) is 13.4 Å². The molecule has 3 aromatic heterocycles. The summed E-state index contributed by atoms with van der Waals surface area (Å²) >= 11 is 6.06. The van der Waals surface area contributed by atoms with Crippen LogP contribution in [-0.4, -0.2) is 40.6 Å². The minimum absolute atomic E-state index is 0.0608. The first-order valence-electron chi connectivity index (χ1n) is 9.68. The van der Waals surface area contributed by atoms with E-state index >= 15 is 0 Å². The maximum Gasteiger partial charge on any atom is 0.407 e. The van der Waals surface area contributed by atoms with Crippen molar-refractivity contribution in [1.82, 2.24) is 19.3 Å². The van der Waals surface area contributed by atoms with Crippen LogP contribution in [0.25, 0.3) is 28.1 Å². The van der Waals surface area contributed by atoms with Crippen molar-refractivity contribution in [3.63, 3.8) is 0 Å². The molecule has 1 amide bonds. The summed E-state index contributed by atoms with van der Waals surface area (Å²) in [5.74, 6) is -0.793. The summed E-state index contributed by atoms with van der Waals surface area (Å²) in [4.78, 5) is 20.3. The first kappa shape index (κ1) is 23.9. The van der Waals surface area contributed by atoms with Crippen LogP contribution in [0, 0.1) is 0 Å². The number of pyridine rings is 2. The van der Waals surface area contributed by atoms with Crippen LogP contribution in [0.2, 0.25) is 5.02 Å². The number of halogens is 4. The average molecular weight is 512 g/mol. The zero-order chi connectivity index (χ0) is 25.1. The van der Waals surface area contributed by atoms with Gasteiger partial charge in [0.1, 0.15) is 16.1 Å². The molecule has 0 saturated carbocycles. The summed E-state index contributed by atoms with van der Waals surface area (Å²) < 4.78 is 67.8. The molecule has 4 rings (SSSR count). The van der Waals surface area contributed by atoms with Crippen molar-refractivity contribution in [2.45, 2.75) is 30.5 Å². The molecule has 0 atom stereocenters. The number of carbonyl (C=O) groups is 1. The quantitative estimate of drug-likeness (QED) is 0.520. The number of rotatable bonds is 6. The van der Waals surface area contributed by atoms with Gasteiger partial charge >= 0.3 is 6.18 Å². The van der Waals surface area contributed by atoms with Crippen molar-refractivity contribution in [2.24, 2.45) is 5.73 Å². The van der Waals surface area contributed by atoms with Crippen molar-refractivity contribution in [1.29, 1.82) is 0 Å². The number of amides is 1. The molecular weight excluding hydrogens is 495 g/mol. The van der Waals surface area contributed by atoms with Crippen LogP contribution in [0.15, 0.2) is 53.7 Å². The van der Waals surface area contributed by atoms with E-state index < -0.39 is 32.5 Å². The molecule has 0 unspecified atom stereocenters. The number of carbonyl (C=O) groups excluding carboxylic acids is 1. The first-order valence-corrected chi connectivity index (χ1v) is 11.5. The van der Waals surface area contributed by atoms with Crippen molar-refractivity contribution >= 4 is 44.3 Å². The Morgan fingerprint density at radius 2 is 1.85 bits per heavy atom. The third-order valence-electron chi connectivity index (χ3n) is 5.20. The van der Waals surface area contributed by atoms with Gasteiger partial charge in [0.05, 0.1) is 22.0 Å². The fourth-order valence-corrected chi connectivity index (χ4v) is 4.85. The third-order valence-corrected chi connectivity index (χ3v) is 7.05. The Morgan fingerprint density at radius 1 is 1.18 bits per heavy atom. The van der Waals surface area contributed by atoms with Crippen LogP contribution >= 0.6 is 11.6 Å². The molecule has 13 heteroatoms. The van der Waals surface area contributed by atoms with E-state index in [1.807, 2.05) is 0 Å². The maximum atomic E-state index is 13.2. The third kappa shape index (κ3) is 3.97. The fraction of sp³-hybridized carbons (Fsp3) is 0.190. The minimum Gasteiger partial charge on any atom is -0.366 e. The zero-order valence-electron chi connectivity index (χ0n) is 17.7. The van der Waals surface area contributed by atoms with Crippen LogP contribution in [0.1, 0.15) is 24.2 Å². The highest BCUT2D eigenvalue weighted by molar-refractivity contribution is 7.89. The van der Waals surface area contributed by atoms with Crippen molar-refractivity contribution in [2.75, 3.05) is 0 Å². The van der Waals surface area contributed by atoms with Gasteiger partial charge in [-0.1, -0.05) is 17.7 Å². The molecule has 3 aromatic rings. The maximum absolute atomic E-state index is 13.2. The van der Waals surface area contributed by atoms with Crippen molar-refractivity contribution in [3.8, 4) is 11.4 Å². The normalized spacial score (nSPS) is 14.2. The average Bonchev–Trinajstić information content (AvgIpc) is 2.99. The van der Waals surface area contributed by atoms with E-state index in [-0.39, 0.29) is 22.0 Å². The molecular formula is C21H17ClF3N5O3S. The molecule has 8 nitrogen and oxygen atoms in total.